The van der Waals surface area contributed by atoms with Gasteiger partial charge in [0, 0.05) is 20.1 Å². The minimum atomic E-state index is 0.742. The van der Waals surface area contributed by atoms with Crippen LogP contribution in [-0.4, -0.2) is 47.0 Å². The van der Waals surface area contributed by atoms with Crippen LogP contribution < -0.4 is 5.32 Å². The lowest BCUT2D eigenvalue weighted by molar-refractivity contribution is 0.199. The minimum absolute atomic E-state index is 0.742. The summed E-state index contributed by atoms with van der Waals surface area (Å²) in [6, 6.07) is 0. The molecule has 6 heteroatoms. The molecule has 0 atom stereocenters. The summed E-state index contributed by atoms with van der Waals surface area (Å²) >= 11 is 0. The quantitative estimate of drug-likeness (QED) is 0.496. The molecule has 1 aromatic heterocycles. The van der Waals surface area contributed by atoms with E-state index in [4.69, 9.17) is 4.74 Å². The van der Waals surface area contributed by atoms with Gasteiger partial charge < -0.3 is 10.1 Å². The maximum Gasteiger partial charge on any atom is 0.178 e. The van der Waals surface area contributed by atoms with Gasteiger partial charge in [0.2, 0.25) is 0 Å². The smallest absolute Gasteiger partial charge is 0.178 e. The maximum absolute atomic E-state index is 4.92. The van der Waals surface area contributed by atoms with Gasteiger partial charge in [0.25, 0.3) is 0 Å². The third kappa shape index (κ3) is 5.57. The van der Waals surface area contributed by atoms with Crippen LogP contribution in [0, 0.1) is 0 Å². The lowest BCUT2D eigenvalue weighted by atomic mass is 10.3. The Labute approximate surface area is 95.7 Å². The van der Waals surface area contributed by atoms with E-state index >= 15 is 0 Å². The number of methoxy groups -OCH3 is 1. The minimum Gasteiger partial charge on any atom is -0.383 e. The van der Waals surface area contributed by atoms with Crippen LogP contribution in [0.3, 0.4) is 0 Å². The number of hydrogen-bond acceptors (Lipinski definition) is 5. The van der Waals surface area contributed by atoms with Crippen molar-refractivity contribution in [2.75, 3.05) is 26.8 Å². The molecule has 6 nitrogen and oxygen atoms in total. The second-order valence-corrected chi connectivity index (χ2v) is 3.40. The summed E-state index contributed by atoms with van der Waals surface area (Å²) in [5, 5.41) is 15.0. The van der Waals surface area contributed by atoms with Crippen LogP contribution in [0.2, 0.25) is 0 Å². The summed E-state index contributed by atoms with van der Waals surface area (Å²) in [5.41, 5.74) is 0. The van der Waals surface area contributed by atoms with Crippen LogP contribution in [0.1, 0.15) is 12.2 Å². The standard InChI is InChI=1S/C10H19N5O/c1-15-13-10(12-14-15)6-4-3-5-7-11-8-9-16-2/h3-4,11H,5-9H2,1-2H3/b4-3+. The van der Waals surface area contributed by atoms with Crippen molar-refractivity contribution in [3.05, 3.63) is 18.0 Å². The fourth-order valence-electron chi connectivity index (χ4n) is 1.20. The highest BCUT2D eigenvalue weighted by molar-refractivity contribution is 4.92. The molecular weight excluding hydrogens is 206 g/mol. The number of allylic oxidation sites excluding steroid dienone is 1. The van der Waals surface area contributed by atoms with Gasteiger partial charge in [-0.2, -0.15) is 4.80 Å². The van der Waals surface area contributed by atoms with Crippen molar-refractivity contribution >= 4 is 0 Å². The largest absolute Gasteiger partial charge is 0.383 e. The predicted octanol–water partition coefficient (Wildman–Crippen LogP) is -0.0651. The highest BCUT2D eigenvalue weighted by Crippen LogP contribution is 1.90. The Kier molecular flexibility index (Phi) is 6.36. The first kappa shape index (κ1) is 12.8. The number of hydrogen-bond donors (Lipinski definition) is 1. The average molecular weight is 225 g/mol. The molecule has 1 aromatic rings. The lowest BCUT2D eigenvalue weighted by Gasteiger charge is -2.00. The molecule has 0 radical (unpaired) electrons. The second kappa shape index (κ2) is 7.95. The summed E-state index contributed by atoms with van der Waals surface area (Å²) in [4.78, 5) is 1.47. The van der Waals surface area contributed by atoms with Gasteiger partial charge in [-0.05, 0) is 18.2 Å². The first-order valence-electron chi connectivity index (χ1n) is 5.40. The Balaban J connectivity index is 2.00. The molecule has 0 saturated carbocycles. The van der Waals surface area contributed by atoms with Crippen LogP contribution in [-0.2, 0) is 18.2 Å². The molecule has 0 bridgehead atoms. The summed E-state index contributed by atoms with van der Waals surface area (Å²) in [6.07, 6.45) is 5.93. The number of ether oxygens (including phenoxy) is 1. The molecule has 0 saturated heterocycles. The highest BCUT2D eigenvalue weighted by atomic mass is 16.5. The number of tetrazole rings is 1. The van der Waals surface area contributed by atoms with Gasteiger partial charge in [0.1, 0.15) is 0 Å². The summed E-state index contributed by atoms with van der Waals surface area (Å²) in [6.45, 7) is 2.62. The summed E-state index contributed by atoms with van der Waals surface area (Å²) in [5.74, 6) is 0.756. The molecule has 90 valence electrons. The van der Waals surface area contributed by atoms with E-state index in [1.165, 1.54) is 4.80 Å². The van der Waals surface area contributed by atoms with Gasteiger partial charge in [-0.15, -0.1) is 10.2 Å². The zero-order valence-electron chi connectivity index (χ0n) is 9.89. The summed E-state index contributed by atoms with van der Waals surface area (Å²) < 4.78 is 4.92. The van der Waals surface area contributed by atoms with Crippen molar-refractivity contribution < 1.29 is 4.74 Å². The molecule has 1 heterocycles. The Hall–Kier alpha value is -1.27. The van der Waals surface area contributed by atoms with Crippen LogP contribution >= 0.6 is 0 Å². The average Bonchev–Trinajstić information content (AvgIpc) is 2.68. The fraction of sp³-hybridized carbons (Fsp3) is 0.700. The van der Waals surface area contributed by atoms with E-state index in [0.717, 1.165) is 38.4 Å². The molecule has 0 unspecified atom stereocenters. The maximum atomic E-state index is 4.92. The molecule has 16 heavy (non-hydrogen) atoms. The monoisotopic (exact) mass is 225 g/mol. The Morgan fingerprint density at radius 1 is 1.38 bits per heavy atom. The Morgan fingerprint density at radius 3 is 2.94 bits per heavy atom. The van der Waals surface area contributed by atoms with Crippen molar-refractivity contribution in [2.24, 2.45) is 7.05 Å². The van der Waals surface area contributed by atoms with Gasteiger partial charge in [-0.25, -0.2) is 0 Å². The van der Waals surface area contributed by atoms with E-state index in [1.807, 2.05) is 0 Å². The molecule has 1 rings (SSSR count). The third-order valence-corrected chi connectivity index (χ3v) is 1.99. The van der Waals surface area contributed by atoms with Crippen molar-refractivity contribution in [3.8, 4) is 0 Å². The molecule has 0 spiro atoms. The first-order chi connectivity index (χ1) is 7.83. The zero-order chi connectivity index (χ0) is 11.6. The number of aryl methyl sites for hydroxylation is 1. The van der Waals surface area contributed by atoms with E-state index in [-0.39, 0.29) is 0 Å². The Bertz CT molecular complexity index is 310. The molecule has 0 amide bonds. The second-order valence-electron chi connectivity index (χ2n) is 3.40. The van der Waals surface area contributed by atoms with Crippen molar-refractivity contribution in [3.63, 3.8) is 0 Å². The van der Waals surface area contributed by atoms with Gasteiger partial charge in [0.15, 0.2) is 5.82 Å². The lowest BCUT2D eigenvalue weighted by Crippen LogP contribution is -2.19. The van der Waals surface area contributed by atoms with E-state index in [1.54, 1.807) is 14.2 Å². The molecular formula is C10H19N5O. The van der Waals surface area contributed by atoms with E-state index in [0.29, 0.717) is 0 Å². The third-order valence-electron chi connectivity index (χ3n) is 1.99. The van der Waals surface area contributed by atoms with Crippen LogP contribution in [0.25, 0.3) is 0 Å². The number of rotatable bonds is 8. The molecule has 0 aliphatic heterocycles. The normalized spacial score (nSPS) is 11.4. The van der Waals surface area contributed by atoms with Crippen LogP contribution in [0.5, 0.6) is 0 Å². The first-order valence-corrected chi connectivity index (χ1v) is 5.40. The van der Waals surface area contributed by atoms with Gasteiger partial charge in [0.05, 0.1) is 13.7 Å². The van der Waals surface area contributed by atoms with Gasteiger partial charge in [-0.1, -0.05) is 12.2 Å². The van der Waals surface area contributed by atoms with Gasteiger partial charge in [-0.3, -0.25) is 0 Å². The van der Waals surface area contributed by atoms with E-state index in [9.17, 15) is 0 Å². The topological polar surface area (TPSA) is 64.9 Å². The molecule has 0 fully saturated rings. The predicted molar refractivity (Wildman–Crippen MR) is 61.0 cm³/mol. The van der Waals surface area contributed by atoms with E-state index < -0.39 is 0 Å². The number of nitrogens with zero attached hydrogens (tertiary/aromatic N) is 4. The van der Waals surface area contributed by atoms with E-state index in [2.05, 4.69) is 32.9 Å². The van der Waals surface area contributed by atoms with Crippen molar-refractivity contribution in [1.82, 2.24) is 25.5 Å². The zero-order valence-corrected chi connectivity index (χ0v) is 9.89. The van der Waals surface area contributed by atoms with Crippen LogP contribution in [0.15, 0.2) is 12.2 Å². The van der Waals surface area contributed by atoms with Crippen molar-refractivity contribution in [2.45, 2.75) is 12.8 Å². The number of nitrogens with one attached hydrogen (secondary N) is 1. The SMILES string of the molecule is COCCNCC/C=C/Cc1nnn(C)n1. The Morgan fingerprint density at radius 2 is 2.25 bits per heavy atom. The van der Waals surface area contributed by atoms with Crippen molar-refractivity contribution in [1.29, 1.82) is 0 Å². The molecule has 1 N–H and O–H groups in total. The number of aromatic nitrogens is 4. The highest BCUT2D eigenvalue weighted by Gasteiger charge is 1.95. The molecule has 0 aliphatic carbocycles. The van der Waals surface area contributed by atoms with Crippen LogP contribution in [0.4, 0.5) is 0 Å². The fourth-order valence-corrected chi connectivity index (χ4v) is 1.20. The molecule has 0 aliphatic rings. The molecule has 0 aromatic carbocycles. The van der Waals surface area contributed by atoms with Gasteiger partial charge >= 0.3 is 0 Å². The summed E-state index contributed by atoms with van der Waals surface area (Å²) in [7, 11) is 3.47.